The van der Waals surface area contributed by atoms with Gasteiger partial charge in [0, 0.05) is 0 Å². The Hall–Kier alpha value is -2.04. The zero-order valence-corrected chi connectivity index (χ0v) is 11.5. The molecule has 0 saturated carbocycles. The van der Waals surface area contributed by atoms with Gasteiger partial charge >= 0.3 is 0 Å². The topological polar surface area (TPSA) is 12.0 Å². The second-order valence-corrected chi connectivity index (χ2v) is 4.79. The van der Waals surface area contributed by atoms with Crippen molar-refractivity contribution >= 4 is 0 Å². The Bertz CT molecular complexity index is 578. The molecule has 1 nitrogen and oxygen atoms in total. The van der Waals surface area contributed by atoms with Gasteiger partial charge in [0.1, 0.15) is 0 Å². The smallest absolute Gasteiger partial charge is 0.0586 e. The first-order valence-corrected chi connectivity index (χ1v) is 6.51. The van der Waals surface area contributed by atoms with Crippen LogP contribution in [-0.2, 0) is 0 Å². The molecule has 0 aromatic heterocycles. The Morgan fingerprint density at radius 1 is 1.11 bits per heavy atom. The second-order valence-electron chi connectivity index (χ2n) is 4.79. The summed E-state index contributed by atoms with van der Waals surface area (Å²) >= 11 is 0. The van der Waals surface area contributed by atoms with Gasteiger partial charge in [-0.3, -0.25) is 5.32 Å². The van der Waals surface area contributed by atoms with Gasteiger partial charge in [0.2, 0.25) is 0 Å². The second kappa shape index (κ2) is 6.22. The summed E-state index contributed by atoms with van der Waals surface area (Å²) in [6.07, 6.45) is 5.39. The van der Waals surface area contributed by atoms with Crippen molar-refractivity contribution in [2.75, 3.05) is 6.54 Å². The zero-order valence-electron chi connectivity index (χ0n) is 11.5. The van der Waals surface area contributed by atoms with E-state index in [2.05, 4.69) is 67.5 Å². The van der Waals surface area contributed by atoms with Crippen LogP contribution in [0.5, 0.6) is 0 Å². The Morgan fingerprint density at radius 2 is 1.84 bits per heavy atom. The van der Waals surface area contributed by atoms with E-state index in [0.717, 1.165) is 0 Å². The van der Waals surface area contributed by atoms with Crippen LogP contribution in [0, 0.1) is 26.2 Å². The molecular weight excluding hydrogens is 230 g/mol. The summed E-state index contributed by atoms with van der Waals surface area (Å²) in [7, 11) is 0. The summed E-state index contributed by atoms with van der Waals surface area (Å²) in [5.74, 6) is 2.66. The van der Waals surface area contributed by atoms with Gasteiger partial charge in [-0.1, -0.05) is 60.0 Å². The lowest BCUT2D eigenvalue weighted by molar-refractivity contribution is 0.655. The highest BCUT2D eigenvalue weighted by molar-refractivity contribution is 5.39. The first-order valence-electron chi connectivity index (χ1n) is 6.51. The highest BCUT2D eigenvalue weighted by Gasteiger charge is 2.15. The third kappa shape index (κ3) is 3.24. The van der Waals surface area contributed by atoms with Crippen molar-refractivity contribution in [3.05, 3.63) is 70.8 Å². The fraction of sp³-hybridized carbons (Fsp3) is 0.222. The molecule has 0 heterocycles. The van der Waals surface area contributed by atoms with Crippen molar-refractivity contribution in [1.29, 1.82) is 0 Å². The van der Waals surface area contributed by atoms with Crippen molar-refractivity contribution in [2.45, 2.75) is 19.9 Å². The monoisotopic (exact) mass is 249 g/mol. The minimum Gasteiger partial charge on any atom is -0.295 e. The van der Waals surface area contributed by atoms with Crippen LogP contribution in [0.3, 0.4) is 0 Å². The predicted molar refractivity (Wildman–Crippen MR) is 81.0 cm³/mol. The first-order chi connectivity index (χ1) is 9.22. The maximum Gasteiger partial charge on any atom is 0.0586 e. The van der Waals surface area contributed by atoms with Gasteiger partial charge in [-0.25, -0.2) is 0 Å². The van der Waals surface area contributed by atoms with E-state index in [4.69, 9.17) is 6.42 Å². The average Bonchev–Trinajstić information content (AvgIpc) is 2.44. The quantitative estimate of drug-likeness (QED) is 0.816. The lowest BCUT2D eigenvalue weighted by Crippen LogP contribution is -2.23. The average molecular weight is 249 g/mol. The molecule has 0 aliphatic rings. The number of aryl methyl sites for hydroxylation is 2. The van der Waals surface area contributed by atoms with Crippen LogP contribution in [0.25, 0.3) is 0 Å². The minimum absolute atomic E-state index is 0.150. The molecule has 0 amide bonds. The molecule has 2 rings (SSSR count). The van der Waals surface area contributed by atoms with E-state index < -0.39 is 0 Å². The van der Waals surface area contributed by atoms with Crippen molar-refractivity contribution in [2.24, 2.45) is 0 Å². The predicted octanol–water partition coefficient (Wildman–Crippen LogP) is 3.62. The molecule has 2 aromatic carbocycles. The summed E-state index contributed by atoms with van der Waals surface area (Å²) in [6, 6.07) is 17.1. The molecule has 1 unspecified atom stereocenters. The van der Waals surface area contributed by atoms with Gasteiger partial charge in [0.15, 0.2) is 0 Å². The Morgan fingerprint density at radius 3 is 2.53 bits per heavy atom. The molecule has 0 bridgehead atoms. The van der Waals surface area contributed by atoms with E-state index in [1.807, 2.05) is 6.07 Å². The third-order valence-electron chi connectivity index (χ3n) is 3.29. The molecule has 96 valence electrons. The fourth-order valence-corrected chi connectivity index (χ4v) is 2.28. The number of terminal acetylenes is 1. The van der Waals surface area contributed by atoms with Crippen LogP contribution in [0.2, 0.25) is 0 Å². The van der Waals surface area contributed by atoms with Gasteiger partial charge in [0.05, 0.1) is 12.6 Å². The van der Waals surface area contributed by atoms with Crippen LogP contribution >= 0.6 is 0 Å². The number of rotatable bonds is 4. The van der Waals surface area contributed by atoms with E-state index >= 15 is 0 Å². The molecule has 0 fully saturated rings. The highest BCUT2D eigenvalue weighted by Crippen LogP contribution is 2.25. The van der Waals surface area contributed by atoms with Crippen LogP contribution in [0.15, 0.2) is 48.5 Å². The molecule has 1 N–H and O–H groups in total. The molecular formula is C18H19N. The highest BCUT2D eigenvalue weighted by atomic mass is 14.9. The summed E-state index contributed by atoms with van der Waals surface area (Å²) in [5, 5.41) is 3.43. The standard InChI is InChI=1S/C18H19N/c1-4-12-19-18(16-8-6-5-7-9-16)17-13-14(2)10-11-15(17)3/h1,5-11,13,18-19H,12H2,2-3H3. The lowest BCUT2D eigenvalue weighted by atomic mass is 9.93. The summed E-state index contributed by atoms with van der Waals surface area (Å²) in [4.78, 5) is 0. The van der Waals surface area contributed by atoms with E-state index in [1.54, 1.807) is 0 Å². The summed E-state index contributed by atoms with van der Waals surface area (Å²) < 4.78 is 0. The van der Waals surface area contributed by atoms with Crippen molar-refractivity contribution in [1.82, 2.24) is 5.32 Å². The van der Waals surface area contributed by atoms with Gasteiger partial charge in [-0.2, -0.15) is 0 Å². The molecule has 0 radical (unpaired) electrons. The molecule has 1 atom stereocenters. The Balaban J connectivity index is 2.43. The van der Waals surface area contributed by atoms with E-state index in [-0.39, 0.29) is 6.04 Å². The fourth-order valence-electron chi connectivity index (χ4n) is 2.28. The SMILES string of the molecule is C#CCNC(c1ccccc1)c1cc(C)ccc1C. The third-order valence-corrected chi connectivity index (χ3v) is 3.29. The van der Waals surface area contributed by atoms with Gasteiger partial charge in [-0.05, 0) is 30.5 Å². The largest absolute Gasteiger partial charge is 0.295 e. The van der Waals surface area contributed by atoms with Crippen LogP contribution < -0.4 is 5.32 Å². The number of hydrogen-bond acceptors (Lipinski definition) is 1. The maximum absolute atomic E-state index is 5.39. The minimum atomic E-state index is 0.150. The van der Waals surface area contributed by atoms with Crippen LogP contribution in [0.1, 0.15) is 28.3 Å². The molecule has 0 saturated heterocycles. The number of benzene rings is 2. The number of hydrogen-bond donors (Lipinski definition) is 1. The van der Waals surface area contributed by atoms with Gasteiger partial charge < -0.3 is 0 Å². The van der Waals surface area contributed by atoms with Crippen molar-refractivity contribution < 1.29 is 0 Å². The molecule has 2 aromatic rings. The first kappa shape index (κ1) is 13.4. The van der Waals surface area contributed by atoms with E-state index in [0.29, 0.717) is 6.54 Å². The van der Waals surface area contributed by atoms with Gasteiger partial charge in [-0.15, -0.1) is 6.42 Å². The molecule has 0 aliphatic carbocycles. The Kier molecular flexibility index (Phi) is 4.39. The summed E-state index contributed by atoms with van der Waals surface area (Å²) in [6.45, 7) is 4.82. The maximum atomic E-state index is 5.39. The zero-order chi connectivity index (χ0) is 13.7. The summed E-state index contributed by atoms with van der Waals surface area (Å²) in [5.41, 5.74) is 5.08. The molecule has 0 spiro atoms. The van der Waals surface area contributed by atoms with Crippen LogP contribution in [0.4, 0.5) is 0 Å². The molecule has 19 heavy (non-hydrogen) atoms. The molecule has 0 aliphatic heterocycles. The van der Waals surface area contributed by atoms with Gasteiger partial charge in [0.25, 0.3) is 0 Å². The van der Waals surface area contributed by atoms with Crippen molar-refractivity contribution in [3.63, 3.8) is 0 Å². The normalized spacial score (nSPS) is 11.8. The van der Waals surface area contributed by atoms with Crippen LogP contribution in [-0.4, -0.2) is 6.54 Å². The lowest BCUT2D eigenvalue weighted by Gasteiger charge is -2.21. The Labute approximate surface area is 115 Å². The van der Waals surface area contributed by atoms with E-state index in [9.17, 15) is 0 Å². The van der Waals surface area contributed by atoms with Crippen molar-refractivity contribution in [3.8, 4) is 12.3 Å². The molecule has 1 heteroatoms. The number of nitrogens with one attached hydrogen (secondary N) is 1. The van der Waals surface area contributed by atoms with E-state index in [1.165, 1.54) is 22.3 Å².